The predicted molar refractivity (Wildman–Crippen MR) is 98.2 cm³/mol. The molecule has 0 aliphatic carbocycles. The van der Waals surface area contributed by atoms with Crippen LogP contribution in [0.25, 0.3) is 5.69 Å². The molecular weight excluding hydrogens is 349 g/mol. The van der Waals surface area contributed by atoms with Crippen LogP contribution in [0.4, 0.5) is 10.2 Å². The van der Waals surface area contributed by atoms with Crippen molar-refractivity contribution >= 4 is 11.7 Å². The molecule has 0 fully saturated rings. The van der Waals surface area contributed by atoms with E-state index in [1.807, 2.05) is 12.1 Å². The van der Waals surface area contributed by atoms with Crippen molar-refractivity contribution in [2.75, 3.05) is 19.5 Å². The summed E-state index contributed by atoms with van der Waals surface area (Å²) in [7, 11) is 3.13. The van der Waals surface area contributed by atoms with Gasteiger partial charge in [0.2, 0.25) is 5.91 Å². The van der Waals surface area contributed by atoms with Crippen LogP contribution in [0.2, 0.25) is 0 Å². The molecule has 2 heterocycles. The Morgan fingerprint density at radius 3 is 2.74 bits per heavy atom. The lowest BCUT2D eigenvalue weighted by molar-refractivity contribution is -0.116. The van der Waals surface area contributed by atoms with Gasteiger partial charge in [0.25, 0.3) is 0 Å². The lowest BCUT2D eigenvalue weighted by Gasteiger charge is -2.25. The number of aromatic nitrogens is 2. The maximum Gasteiger partial charge on any atom is 0.226 e. The van der Waals surface area contributed by atoms with E-state index in [9.17, 15) is 9.18 Å². The molecule has 0 bridgehead atoms. The highest BCUT2D eigenvalue weighted by atomic mass is 19.1. The van der Waals surface area contributed by atoms with E-state index in [1.165, 1.54) is 12.1 Å². The van der Waals surface area contributed by atoms with Gasteiger partial charge in [-0.3, -0.25) is 9.36 Å². The monoisotopic (exact) mass is 367 g/mol. The Morgan fingerprint density at radius 2 is 2.00 bits per heavy atom. The van der Waals surface area contributed by atoms with Crippen molar-refractivity contribution in [1.29, 1.82) is 0 Å². The third-order valence-electron chi connectivity index (χ3n) is 4.67. The fourth-order valence-electron chi connectivity index (χ4n) is 3.47. The largest absolute Gasteiger partial charge is 0.493 e. The average molecular weight is 367 g/mol. The van der Waals surface area contributed by atoms with E-state index >= 15 is 0 Å². The number of halogens is 1. The van der Waals surface area contributed by atoms with Crippen molar-refractivity contribution in [2.24, 2.45) is 0 Å². The summed E-state index contributed by atoms with van der Waals surface area (Å²) in [5, 5.41) is 2.86. The van der Waals surface area contributed by atoms with Crippen molar-refractivity contribution in [2.45, 2.75) is 12.3 Å². The number of rotatable bonds is 4. The van der Waals surface area contributed by atoms with Crippen LogP contribution in [0.15, 0.2) is 48.8 Å². The minimum atomic E-state index is -0.358. The highest BCUT2D eigenvalue weighted by Crippen LogP contribution is 2.43. The van der Waals surface area contributed by atoms with Crippen LogP contribution in [-0.4, -0.2) is 29.7 Å². The van der Waals surface area contributed by atoms with E-state index in [4.69, 9.17) is 9.47 Å². The number of carbonyl (C=O) groups is 1. The van der Waals surface area contributed by atoms with Gasteiger partial charge in [0.15, 0.2) is 11.5 Å². The number of fused-ring (bicyclic) bond motifs is 1. The topological polar surface area (TPSA) is 65.4 Å². The third-order valence-corrected chi connectivity index (χ3v) is 4.67. The van der Waals surface area contributed by atoms with Crippen molar-refractivity contribution in [3.8, 4) is 17.2 Å². The first kappa shape index (κ1) is 17.1. The molecule has 27 heavy (non-hydrogen) atoms. The standard InChI is InChI=1S/C20H18FN3O3/c1-26-16-8-4-7-14(19(16)27-2)15-10-17(25)23-20-18(15)22-11-24(20)13-6-3-5-12(21)9-13/h3-9,11,15H,10H2,1-2H3,(H,23,25)/t15-/m1/s1. The number of ether oxygens (including phenoxy) is 2. The van der Waals surface area contributed by atoms with Gasteiger partial charge in [-0.25, -0.2) is 9.37 Å². The first-order valence-corrected chi connectivity index (χ1v) is 8.46. The highest BCUT2D eigenvalue weighted by Gasteiger charge is 2.33. The van der Waals surface area contributed by atoms with Gasteiger partial charge in [0, 0.05) is 17.9 Å². The van der Waals surface area contributed by atoms with Crippen molar-refractivity contribution in [3.63, 3.8) is 0 Å². The lowest BCUT2D eigenvalue weighted by Crippen LogP contribution is -2.25. The van der Waals surface area contributed by atoms with Gasteiger partial charge in [0.05, 0.1) is 25.6 Å². The molecule has 7 heteroatoms. The number of imidazole rings is 1. The van der Waals surface area contributed by atoms with Crippen molar-refractivity contribution < 1.29 is 18.7 Å². The van der Waals surface area contributed by atoms with Crippen LogP contribution >= 0.6 is 0 Å². The Hall–Kier alpha value is -3.35. The molecule has 6 nitrogen and oxygen atoms in total. The maximum atomic E-state index is 13.6. The van der Waals surface area contributed by atoms with Gasteiger partial charge >= 0.3 is 0 Å². The molecule has 0 saturated heterocycles. The summed E-state index contributed by atoms with van der Waals surface area (Å²) in [6.45, 7) is 0. The summed E-state index contributed by atoms with van der Waals surface area (Å²) in [6.07, 6.45) is 1.82. The molecule has 0 unspecified atom stereocenters. The van der Waals surface area contributed by atoms with E-state index in [1.54, 1.807) is 43.3 Å². The van der Waals surface area contributed by atoms with Crippen molar-refractivity contribution in [1.82, 2.24) is 9.55 Å². The zero-order valence-electron chi connectivity index (χ0n) is 14.9. The number of amides is 1. The number of methoxy groups -OCH3 is 2. The number of nitrogens with one attached hydrogen (secondary N) is 1. The molecule has 1 aromatic heterocycles. The van der Waals surface area contributed by atoms with Crippen molar-refractivity contribution in [3.05, 3.63) is 65.9 Å². The molecule has 0 radical (unpaired) electrons. The molecule has 1 aliphatic rings. The summed E-state index contributed by atoms with van der Waals surface area (Å²) in [5.41, 5.74) is 2.10. The third kappa shape index (κ3) is 2.91. The molecule has 4 rings (SSSR count). The van der Waals surface area contributed by atoms with Gasteiger partial charge in [-0.05, 0) is 24.3 Å². The van der Waals surface area contributed by atoms with Gasteiger partial charge < -0.3 is 14.8 Å². The quantitative estimate of drug-likeness (QED) is 0.766. The van der Waals surface area contributed by atoms with E-state index in [-0.39, 0.29) is 24.1 Å². The minimum absolute atomic E-state index is 0.143. The molecule has 1 amide bonds. The van der Waals surface area contributed by atoms with E-state index in [0.29, 0.717) is 28.7 Å². The molecular formula is C20H18FN3O3. The number of benzene rings is 2. The number of nitrogens with zero attached hydrogens (tertiary/aromatic N) is 2. The van der Waals surface area contributed by atoms with E-state index < -0.39 is 0 Å². The van der Waals surface area contributed by atoms with Crippen LogP contribution < -0.4 is 14.8 Å². The van der Waals surface area contributed by atoms with Gasteiger partial charge in [0.1, 0.15) is 18.0 Å². The first-order chi connectivity index (χ1) is 13.1. The average Bonchev–Trinajstić information content (AvgIpc) is 3.10. The van der Waals surface area contributed by atoms with E-state index in [2.05, 4.69) is 10.3 Å². The summed E-state index contributed by atoms with van der Waals surface area (Å²) in [4.78, 5) is 16.9. The molecule has 0 spiro atoms. The number of carbonyl (C=O) groups excluding carboxylic acids is 1. The number of hydrogen-bond donors (Lipinski definition) is 1. The number of para-hydroxylation sites is 1. The summed E-state index contributed by atoms with van der Waals surface area (Å²) in [6, 6.07) is 11.7. The smallest absolute Gasteiger partial charge is 0.226 e. The Morgan fingerprint density at radius 1 is 1.19 bits per heavy atom. The fraction of sp³-hybridized carbons (Fsp3) is 0.200. The summed E-state index contributed by atoms with van der Waals surface area (Å²) >= 11 is 0. The second kappa shape index (κ2) is 6.75. The van der Waals surface area contributed by atoms with Crippen LogP contribution in [0.5, 0.6) is 11.5 Å². The Bertz CT molecular complexity index is 1020. The number of anilines is 1. The number of hydrogen-bond acceptors (Lipinski definition) is 4. The Labute approximate surface area is 155 Å². The second-order valence-electron chi connectivity index (χ2n) is 6.22. The van der Waals surface area contributed by atoms with E-state index in [0.717, 1.165) is 5.56 Å². The fourth-order valence-corrected chi connectivity index (χ4v) is 3.47. The predicted octanol–water partition coefficient (Wildman–Crippen LogP) is 3.50. The summed E-state index contributed by atoms with van der Waals surface area (Å²) in [5.74, 6) is 0.900. The second-order valence-corrected chi connectivity index (χ2v) is 6.22. The highest BCUT2D eigenvalue weighted by molar-refractivity contribution is 5.94. The molecule has 138 valence electrons. The van der Waals surface area contributed by atoms with Gasteiger partial charge in [-0.2, -0.15) is 0 Å². The molecule has 3 aromatic rings. The van der Waals surface area contributed by atoms with Crippen LogP contribution in [0.3, 0.4) is 0 Å². The molecule has 2 aromatic carbocycles. The SMILES string of the molecule is COc1cccc([C@H]2CC(=O)Nc3c2ncn3-c2cccc(F)c2)c1OC. The normalized spacial score (nSPS) is 15.8. The first-order valence-electron chi connectivity index (χ1n) is 8.46. The van der Waals surface area contributed by atoms with Gasteiger partial charge in [-0.15, -0.1) is 0 Å². The Kier molecular flexibility index (Phi) is 4.27. The van der Waals surface area contributed by atoms with Crippen LogP contribution in [0, 0.1) is 5.82 Å². The zero-order valence-corrected chi connectivity index (χ0v) is 14.9. The summed E-state index contributed by atoms with van der Waals surface area (Å²) < 4.78 is 26.2. The molecule has 0 saturated carbocycles. The van der Waals surface area contributed by atoms with Crippen LogP contribution in [-0.2, 0) is 4.79 Å². The molecule has 1 aliphatic heterocycles. The lowest BCUT2D eigenvalue weighted by atomic mass is 9.89. The zero-order chi connectivity index (χ0) is 19.0. The Balaban J connectivity index is 1.85. The molecule has 1 N–H and O–H groups in total. The molecule has 1 atom stereocenters. The van der Waals surface area contributed by atoms with Crippen LogP contribution in [0.1, 0.15) is 23.6 Å². The maximum absolute atomic E-state index is 13.6. The van der Waals surface area contributed by atoms with Gasteiger partial charge in [-0.1, -0.05) is 18.2 Å². The minimum Gasteiger partial charge on any atom is -0.493 e.